The fourth-order valence-corrected chi connectivity index (χ4v) is 5.35. The molecule has 9 heteroatoms. The van der Waals surface area contributed by atoms with E-state index in [0.717, 1.165) is 22.2 Å². The Balaban J connectivity index is 1.65. The lowest BCUT2D eigenvalue weighted by atomic mass is 9.95. The third kappa shape index (κ3) is 4.40. The third-order valence-electron chi connectivity index (χ3n) is 5.78. The Kier molecular flexibility index (Phi) is 6.59. The fraction of sp³-hybridized carbons (Fsp3) is 0.148. The zero-order valence-electron chi connectivity index (χ0n) is 19.1. The van der Waals surface area contributed by atoms with Crippen molar-refractivity contribution in [2.24, 2.45) is 0 Å². The molecular weight excluding hydrogens is 547 g/mol. The Hall–Kier alpha value is -3.56. The van der Waals surface area contributed by atoms with E-state index in [4.69, 9.17) is 4.74 Å². The summed E-state index contributed by atoms with van der Waals surface area (Å²) in [4.78, 5) is 32.4. The molecule has 1 aromatic heterocycles. The van der Waals surface area contributed by atoms with Gasteiger partial charge in [0, 0.05) is 10.0 Å². The molecule has 5 rings (SSSR count). The number of hydrogen-bond acceptors (Lipinski definition) is 6. The molecule has 4 aromatic rings. The van der Waals surface area contributed by atoms with E-state index in [1.54, 1.807) is 48.5 Å². The summed E-state index contributed by atoms with van der Waals surface area (Å²) in [7, 11) is 0. The van der Waals surface area contributed by atoms with Crippen LogP contribution in [0.3, 0.4) is 0 Å². The van der Waals surface area contributed by atoms with Crippen LogP contribution in [0, 0.1) is 5.82 Å². The minimum atomic E-state index is -0.917. The highest BCUT2D eigenvalue weighted by Gasteiger charge is 2.48. The number of thiazole rings is 1. The first-order valence-corrected chi connectivity index (χ1v) is 12.8. The number of benzene rings is 3. The molecule has 1 amide bonds. The lowest BCUT2D eigenvalue weighted by Gasteiger charge is -2.23. The van der Waals surface area contributed by atoms with Gasteiger partial charge in [0.2, 0.25) is 0 Å². The monoisotopic (exact) mass is 566 g/mol. The van der Waals surface area contributed by atoms with Crippen molar-refractivity contribution in [3.05, 3.63) is 93.7 Å². The van der Waals surface area contributed by atoms with Gasteiger partial charge < -0.3 is 9.84 Å². The van der Waals surface area contributed by atoms with Crippen molar-refractivity contribution in [2.75, 3.05) is 11.5 Å². The molecule has 6 nitrogen and oxygen atoms in total. The number of ketones is 1. The average Bonchev–Trinajstić information content (AvgIpc) is 3.40. The first kappa shape index (κ1) is 24.1. The van der Waals surface area contributed by atoms with Crippen LogP contribution in [0.4, 0.5) is 9.52 Å². The molecular formula is C27H20BrFN2O4S. The van der Waals surface area contributed by atoms with Crippen LogP contribution in [-0.2, 0) is 9.59 Å². The van der Waals surface area contributed by atoms with E-state index < -0.39 is 23.5 Å². The van der Waals surface area contributed by atoms with Crippen LogP contribution in [0.5, 0.6) is 5.75 Å². The van der Waals surface area contributed by atoms with Crippen molar-refractivity contribution < 1.29 is 23.8 Å². The highest BCUT2D eigenvalue weighted by Crippen LogP contribution is 2.44. The number of rotatable bonds is 6. The summed E-state index contributed by atoms with van der Waals surface area (Å²) in [6, 6.07) is 17.1. The van der Waals surface area contributed by atoms with E-state index in [1.807, 2.05) is 6.92 Å². The van der Waals surface area contributed by atoms with E-state index in [1.165, 1.54) is 23.1 Å². The van der Waals surface area contributed by atoms with Gasteiger partial charge in [-0.25, -0.2) is 9.37 Å². The maximum absolute atomic E-state index is 13.8. The Labute approximate surface area is 218 Å². The maximum atomic E-state index is 13.8. The minimum absolute atomic E-state index is 0.0463. The second-order valence-electron chi connectivity index (χ2n) is 8.20. The van der Waals surface area contributed by atoms with Crippen molar-refractivity contribution in [3.8, 4) is 5.75 Å². The lowest BCUT2D eigenvalue weighted by Crippen LogP contribution is -2.29. The minimum Gasteiger partial charge on any atom is -0.507 e. The molecule has 1 aliphatic rings. The number of amides is 1. The van der Waals surface area contributed by atoms with Crippen LogP contribution in [0.25, 0.3) is 16.0 Å². The molecule has 0 radical (unpaired) electrons. The number of aliphatic hydroxyl groups is 1. The number of anilines is 1. The highest BCUT2D eigenvalue weighted by atomic mass is 79.9. The number of carbonyl (C=O) groups is 2. The van der Waals surface area contributed by atoms with Gasteiger partial charge in [0.05, 0.1) is 28.4 Å². The van der Waals surface area contributed by atoms with Crippen LogP contribution in [0.1, 0.15) is 30.5 Å². The topological polar surface area (TPSA) is 79.7 Å². The summed E-state index contributed by atoms with van der Waals surface area (Å²) in [5.41, 5.74) is 1.46. The number of ether oxygens (including phenoxy) is 1. The van der Waals surface area contributed by atoms with Gasteiger partial charge in [-0.2, -0.15) is 0 Å². The molecule has 1 aliphatic heterocycles. The number of aromatic nitrogens is 1. The van der Waals surface area contributed by atoms with Gasteiger partial charge >= 0.3 is 5.91 Å². The Bertz CT molecular complexity index is 1500. The normalized spacial score (nSPS) is 17.2. The van der Waals surface area contributed by atoms with Crippen molar-refractivity contribution in [1.29, 1.82) is 0 Å². The van der Waals surface area contributed by atoms with Crippen LogP contribution >= 0.6 is 27.3 Å². The van der Waals surface area contributed by atoms with Gasteiger partial charge in [-0.05, 0) is 66.6 Å². The van der Waals surface area contributed by atoms with E-state index in [9.17, 15) is 19.1 Å². The largest absolute Gasteiger partial charge is 0.507 e. The summed E-state index contributed by atoms with van der Waals surface area (Å²) in [6.07, 6.45) is 0.858. The smallest absolute Gasteiger partial charge is 0.301 e. The predicted octanol–water partition coefficient (Wildman–Crippen LogP) is 6.61. The molecule has 2 heterocycles. The molecule has 0 saturated carbocycles. The Morgan fingerprint density at radius 2 is 1.83 bits per heavy atom. The van der Waals surface area contributed by atoms with Crippen LogP contribution < -0.4 is 9.64 Å². The predicted molar refractivity (Wildman–Crippen MR) is 141 cm³/mol. The molecule has 1 fully saturated rings. The van der Waals surface area contributed by atoms with Gasteiger partial charge in [-0.1, -0.05) is 46.3 Å². The molecule has 0 spiro atoms. The van der Waals surface area contributed by atoms with Crippen molar-refractivity contribution in [3.63, 3.8) is 0 Å². The molecule has 1 atom stereocenters. The van der Waals surface area contributed by atoms with Crippen LogP contribution in [0.2, 0.25) is 0 Å². The van der Waals surface area contributed by atoms with Gasteiger partial charge in [0.25, 0.3) is 5.78 Å². The summed E-state index contributed by atoms with van der Waals surface area (Å²) in [5.74, 6) is -1.71. The quantitative estimate of drug-likeness (QED) is 0.161. The van der Waals surface area contributed by atoms with Gasteiger partial charge in [-0.3, -0.25) is 14.5 Å². The van der Waals surface area contributed by atoms with Crippen molar-refractivity contribution in [2.45, 2.75) is 19.4 Å². The van der Waals surface area contributed by atoms with Gasteiger partial charge in [-0.15, -0.1) is 0 Å². The summed E-state index contributed by atoms with van der Waals surface area (Å²) < 4.78 is 20.8. The standard InChI is InChI=1S/C27H20BrFN2O4S/c1-2-13-35-19-10-5-16(6-11-19)24(32)22-23(15-3-7-17(28)8-4-15)31(26(34)25(22)33)27-30-20-12-9-18(29)14-21(20)36-27/h3-12,14,23,32H,2,13H2,1H3/b24-22+. The number of fused-ring (bicyclic) bond motifs is 1. The molecule has 182 valence electrons. The number of Topliss-reactive ketones (excluding diaryl/α,β-unsaturated/α-hetero) is 1. The highest BCUT2D eigenvalue weighted by molar-refractivity contribution is 9.10. The maximum Gasteiger partial charge on any atom is 0.301 e. The van der Waals surface area contributed by atoms with Crippen molar-refractivity contribution >= 4 is 60.1 Å². The summed E-state index contributed by atoms with van der Waals surface area (Å²) >= 11 is 4.51. The number of halogens is 2. The molecule has 1 N–H and O–H groups in total. The molecule has 0 bridgehead atoms. The number of nitrogens with zero attached hydrogens (tertiary/aromatic N) is 2. The average molecular weight is 567 g/mol. The van der Waals surface area contributed by atoms with Gasteiger partial charge in [0.15, 0.2) is 5.13 Å². The number of aliphatic hydroxyl groups excluding tert-OH is 1. The van der Waals surface area contributed by atoms with Crippen molar-refractivity contribution in [1.82, 2.24) is 4.98 Å². The summed E-state index contributed by atoms with van der Waals surface area (Å²) in [6.45, 7) is 2.56. The number of carbonyl (C=O) groups excluding carboxylic acids is 2. The Morgan fingerprint density at radius 3 is 2.53 bits per heavy atom. The lowest BCUT2D eigenvalue weighted by molar-refractivity contribution is -0.132. The second-order valence-corrected chi connectivity index (χ2v) is 10.1. The molecule has 1 saturated heterocycles. The van der Waals surface area contributed by atoms with E-state index in [-0.39, 0.29) is 16.5 Å². The van der Waals surface area contributed by atoms with E-state index >= 15 is 0 Å². The Morgan fingerprint density at radius 1 is 1.11 bits per heavy atom. The third-order valence-corrected chi connectivity index (χ3v) is 7.32. The zero-order valence-corrected chi connectivity index (χ0v) is 21.5. The SMILES string of the molecule is CCCOc1ccc(/C(O)=C2\C(=O)C(=O)N(c3nc4ccc(F)cc4s3)C2c2ccc(Br)cc2)cc1. The number of hydrogen-bond donors (Lipinski definition) is 1. The fourth-order valence-electron chi connectivity index (χ4n) is 4.06. The molecule has 3 aromatic carbocycles. The zero-order chi connectivity index (χ0) is 25.4. The summed E-state index contributed by atoms with van der Waals surface area (Å²) in [5, 5.41) is 11.5. The van der Waals surface area contributed by atoms with Crippen LogP contribution in [0.15, 0.2) is 76.8 Å². The molecule has 1 unspecified atom stereocenters. The van der Waals surface area contributed by atoms with E-state index in [2.05, 4.69) is 20.9 Å². The van der Waals surface area contributed by atoms with E-state index in [0.29, 0.717) is 33.7 Å². The molecule has 36 heavy (non-hydrogen) atoms. The second kappa shape index (κ2) is 9.83. The first-order valence-electron chi connectivity index (χ1n) is 11.2. The first-order chi connectivity index (χ1) is 17.4. The van der Waals surface area contributed by atoms with Gasteiger partial charge in [0.1, 0.15) is 17.3 Å². The van der Waals surface area contributed by atoms with Crippen LogP contribution in [-0.4, -0.2) is 28.4 Å². The molecule has 0 aliphatic carbocycles.